The molecule has 0 saturated heterocycles. The fourth-order valence-electron chi connectivity index (χ4n) is 1.73. The number of rotatable bonds is 1. The van der Waals surface area contributed by atoms with Crippen LogP contribution in [0.15, 0.2) is 18.4 Å². The second-order valence-corrected chi connectivity index (χ2v) is 3.40. The van der Waals surface area contributed by atoms with Gasteiger partial charge in [-0.05, 0) is 26.3 Å². The lowest BCUT2D eigenvalue weighted by Crippen LogP contribution is -1.92. The molecule has 1 N–H and O–H groups in total. The first-order valence-electron chi connectivity index (χ1n) is 4.40. The maximum absolute atomic E-state index is 8.92. The standard InChI is InChI=1S/C12H13NO/c1-8-5-9(2)12(10(3)6-8)11(7-14)13-4/h5-7,14H,1-3H3/b11-7-. The van der Waals surface area contributed by atoms with E-state index in [1.807, 2.05) is 32.9 Å². The number of aryl methyl sites for hydroxylation is 3. The summed E-state index contributed by atoms with van der Waals surface area (Å²) in [5.41, 5.74) is 4.37. The highest BCUT2D eigenvalue weighted by Crippen LogP contribution is 2.24. The molecule has 0 fully saturated rings. The number of aliphatic hydroxyl groups is 1. The summed E-state index contributed by atoms with van der Waals surface area (Å²) in [6.45, 7) is 12.9. The Kier molecular flexibility index (Phi) is 2.93. The average Bonchev–Trinajstić information content (AvgIpc) is 2.10. The Labute approximate surface area is 84.3 Å². The molecule has 0 bridgehead atoms. The van der Waals surface area contributed by atoms with Gasteiger partial charge in [0.1, 0.15) is 0 Å². The number of hydrogen-bond acceptors (Lipinski definition) is 1. The van der Waals surface area contributed by atoms with E-state index in [-0.39, 0.29) is 0 Å². The molecule has 1 rings (SSSR count). The van der Waals surface area contributed by atoms with Crippen LogP contribution < -0.4 is 0 Å². The summed E-state index contributed by atoms with van der Waals surface area (Å²) in [5.74, 6) is 0. The summed E-state index contributed by atoms with van der Waals surface area (Å²) >= 11 is 0. The van der Waals surface area contributed by atoms with Crippen LogP contribution in [0.4, 0.5) is 0 Å². The topological polar surface area (TPSA) is 24.6 Å². The third-order valence-electron chi connectivity index (χ3n) is 2.18. The summed E-state index contributed by atoms with van der Waals surface area (Å²) in [4.78, 5) is 3.29. The molecule has 0 aliphatic rings. The molecule has 72 valence electrons. The summed E-state index contributed by atoms with van der Waals surface area (Å²) in [7, 11) is 0. The molecule has 0 saturated carbocycles. The van der Waals surface area contributed by atoms with Crippen molar-refractivity contribution in [3.63, 3.8) is 0 Å². The predicted octanol–water partition coefficient (Wildman–Crippen LogP) is 3.39. The molecule has 0 aliphatic carbocycles. The maximum Gasteiger partial charge on any atom is 0.228 e. The van der Waals surface area contributed by atoms with Crippen LogP contribution in [-0.2, 0) is 0 Å². The van der Waals surface area contributed by atoms with E-state index in [2.05, 4.69) is 4.85 Å². The summed E-state index contributed by atoms with van der Waals surface area (Å²) in [6.07, 6.45) is 0.873. The first-order valence-corrected chi connectivity index (χ1v) is 4.40. The van der Waals surface area contributed by atoms with Crippen molar-refractivity contribution >= 4 is 5.70 Å². The third kappa shape index (κ3) is 1.77. The van der Waals surface area contributed by atoms with Crippen LogP contribution in [0.3, 0.4) is 0 Å². The first-order chi connectivity index (χ1) is 6.60. The van der Waals surface area contributed by atoms with Gasteiger partial charge in [-0.3, -0.25) is 0 Å². The zero-order chi connectivity index (χ0) is 10.7. The molecule has 0 atom stereocenters. The van der Waals surface area contributed by atoms with E-state index < -0.39 is 0 Å². The minimum atomic E-state index is 0.306. The second kappa shape index (κ2) is 3.97. The van der Waals surface area contributed by atoms with Gasteiger partial charge in [-0.1, -0.05) is 28.8 Å². The molecule has 0 amide bonds. The van der Waals surface area contributed by atoms with Crippen molar-refractivity contribution in [3.05, 3.63) is 52.1 Å². The van der Waals surface area contributed by atoms with Crippen molar-refractivity contribution in [2.45, 2.75) is 20.8 Å². The lowest BCUT2D eigenvalue weighted by atomic mass is 9.98. The number of benzene rings is 1. The van der Waals surface area contributed by atoms with Crippen molar-refractivity contribution in [1.29, 1.82) is 0 Å². The van der Waals surface area contributed by atoms with E-state index in [9.17, 15) is 0 Å². The Hall–Kier alpha value is -1.75. The largest absolute Gasteiger partial charge is 0.527 e. The third-order valence-corrected chi connectivity index (χ3v) is 2.18. The Morgan fingerprint density at radius 3 is 2.14 bits per heavy atom. The van der Waals surface area contributed by atoms with Crippen LogP contribution in [0, 0.1) is 27.3 Å². The number of hydrogen-bond donors (Lipinski definition) is 1. The minimum absolute atomic E-state index is 0.306. The van der Waals surface area contributed by atoms with Crippen molar-refractivity contribution in [3.8, 4) is 0 Å². The maximum atomic E-state index is 8.92. The minimum Gasteiger partial charge on any atom is -0.527 e. The normalized spacial score (nSPS) is 11.1. The Morgan fingerprint density at radius 2 is 1.79 bits per heavy atom. The van der Waals surface area contributed by atoms with Gasteiger partial charge in [0.05, 0.1) is 12.8 Å². The molecule has 0 aromatic heterocycles. The van der Waals surface area contributed by atoms with Gasteiger partial charge in [-0.25, -0.2) is 4.85 Å². The monoisotopic (exact) mass is 187 g/mol. The van der Waals surface area contributed by atoms with Gasteiger partial charge in [-0.2, -0.15) is 0 Å². The highest BCUT2D eigenvalue weighted by molar-refractivity contribution is 5.74. The molecular weight excluding hydrogens is 174 g/mol. The Bertz CT molecular complexity index is 401. The molecule has 0 unspecified atom stereocenters. The van der Waals surface area contributed by atoms with Gasteiger partial charge in [-0.15, -0.1) is 0 Å². The molecule has 0 heterocycles. The van der Waals surface area contributed by atoms with Gasteiger partial charge < -0.3 is 5.11 Å². The van der Waals surface area contributed by atoms with E-state index in [1.54, 1.807) is 0 Å². The summed E-state index contributed by atoms with van der Waals surface area (Å²) in [5, 5.41) is 8.92. The fourth-order valence-corrected chi connectivity index (χ4v) is 1.73. The molecule has 2 nitrogen and oxygen atoms in total. The number of nitrogens with zero attached hydrogens (tertiary/aromatic N) is 1. The molecule has 14 heavy (non-hydrogen) atoms. The zero-order valence-electron chi connectivity index (χ0n) is 8.63. The van der Waals surface area contributed by atoms with Crippen LogP contribution in [0.2, 0.25) is 0 Å². The van der Waals surface area contributed by atoms with Crippen molar-refractivity contribution in [1.82, 2.24) is 0 Å². The fraction of sp³-hybridized carbons (Fsp3) is 0.250. The van der Waals surface area contributed by atoms with Gasteiger partial charge in [0.15, 0.2) is 0 Å². The summed E-state index contributed by atoms with van der Waals surface area (Å²) < 4.78 is 0. The Balaban J connectivity index is 3.44. The van der Waals surface area contributed by atoms with Gasteiger partial charge in [0, 0.05) is 0 Å². The molecule has 0 radical (unpaired) electrons. The van der Waals surface area contributed by atoms with E-state index >= 15 is 0 Å². The highest BCUT2D eigenvalue weighted by Gasteiger charge is 2.08. The van der Waals surface area contributed by atoms with Gasteiger partial charge >= 0.3 is 0 Å². The van der Waals surface area contributed by atoms with Crippen LogP contribution in [0.25, 0.3) is 10.5 Å². The second-order valence-electron chi connectivity index (χ2n) is 3.40. The van der Waals surface area contributed by atoms with Gasteiger partial charge in [0.2, 0.25) is 5.70 Å². The smallest absolute Gasteiger partial charge is 0.228 e. The molecule has 1 aromatic carbocycles. The van der Waals surface area contributed by atoms with Crippen LogP contribution in [-0.4, -0.2) is 5.11 Å². The molecule has 2 heteroatoms. The lowest BCUT2D eigenvalue weighted by molar-refractivity contribution is 0.476. The van der Waals surface area contributed by atoms with E-state index in [4.69, 9.17) is 11.7 Å². The molecule has 0 aliphatic heterocycles. The average molecular weight is 187 g/mol. The Morgan fingerprint density at radius 1 is 1.29 bits per heavy atom. The predicted molar refractivity (Wildman–Crippen MR) is 57.9 cm³/mol. The summed E-state index contributed by atoms with van der Waals surface area (Å²) in [6, 6.07) is 4.02. The van der Waals surface area contributed by atoms with E-state index in [1.165, 1.54) is 5.56 Å². The molecule has 0 spiro atoms. The number of aliphatic hydroxyl groups excluding tert-OH is 1. The van der Waals surface area contributed by atoms with E-state index in [0.717, 1.165) is 23.0 Å². The first kappa shape index (κ1) is 10.3. The van der Waals surface area contributed by atoms with Crippen LogP contribution >= 0.6 is 0 Å². The van der Waals surface area contributed by atoms with Crippen molar-refractivity contribution in [2.24, 2.45) is 0 Å². The van der Waals surface area contributed by atoms with Crippen molar-refractivity contribution in [2.75, 3.05) is 0 Å². The zero-order valence-corrected chi connectivity index (χ0v) is 8.63. The molecule has 1 aromatic rings. The van der Waals surface area contributed by atoms with E-state index in [0.29, 0.717) is 5.70 Å². The SMILES string of the molecule is [C-]#[N+]/C(=C\O)c1c(C)cc(C)cc1C. The highest BCUT2D eigenvalue weighted by atomic mass is 16.2. The quantitative estimate of drug-likeness (QED) is 0.529. The van der Waals surface area contributed by atoms with Crippen LogP contribution in [0.5, 0.6) is 0 Å². The van der Waals surface area contributed by atoms with Gasteiger partial charge in [0.25, 0.3) is 0 Å². The van der Waals surface area contributed by atoms with Crippen LogP contribution in [0.1, 0.15) is 22.3 Å². The lowest BCUT2D eigenvalue weighted by Gasteiger charge is -2.09. The molecular formula is C12H13NO. The van der Waals surface area contributed by atoms with Crippen molar-refractivity contribution < 1.29 is 5.11 Å².